The predicted molar refractivity (Wildman–Crippen MR) is 71.5 cm³/mol. The highest BCUT2D eigenvalue weighted by Gasteiger charge is 2.06. The lowest BCUT2D eigenvalue weighted by molar-refractivity contribution is 0.638. The van der Waals surface area contributed by atoms with Crippen molar-refractivity contribution in [3.05, 3.63) is 54.1 Å². The van der Waals surface area contributed by atoms with Gasteiger partial charge in [0.15, 0.2) is 0 Å². The Balaban J connectivity index is 2.51. The van der Waals surface area contributed by atoms with Crippen molar-refractivity contribution >= 4 is 8.81 Å². The summed E-state index contributed by atoms with van der Waals surface area (Å²) in [4.78, 5) is 0. The molecule has 0 fully saturated rings. The predicted octanol–water partition coefficient (Wildman–Crippen LogP) is 4.26. The highest BCUT2D eigenvalue weighted by molar-refractivity contribution is 7.31. The van der Waals surface area contributed by atoms with Crippen LogP contribution >= 0.6 is 8.81 Å². The lowest BCUT2D eigenvalue weighted by Crippen LogP contribution is -1.86. The van der Waals surface area contributed by atoms with E-state index in [9.17, 15) is 0 Å². The monoisotopic (exact) mass is 230 g/mol. The van der Waals surface area contributed by atoms with Gasteiger partial charge in [-0.2, -0.15) is 0 Å². The summed E-state index contributed by atoms with van der Waals surface area (Å²) < 4.78 is 5.67. The van der Waals surface area contributed by atoms with Gasteiger partial charge in [-0.25, -0.2) is 0 Å². The molecule has 0 heterocycles. The first-order chi connectivity index (χ1) is 7.83. The van der Waals surface area contributed by atoms with Crippen LogP contribution in [0.1, 0.15) is 5.56 Å². The van der Waals surface area contributed by atoms with Gasteiger partial charge in [0.2, 0.25) is 0 Å². The third kappa shape index (κ3) is 2.25. The number of aryl methyl sites for hydroxylation is 1. The van der Waals surface area contributed by atoms with Gasteiger partial charge in [0.25, 0.3) is 0 Å². The minimum Gasteiger partial charge on any atom is -0.477 e. The van der Waals surface area contributed by atoms with Crippen LogP contribution in [0, 0.1) is 6.92 Å². The maximum absolute atomic E-state index is 5.67. The van der Waals surface area contributed by atoms with Crippen molar-refractivity contribution in [2.45, 2.75) is 6.92 Å². The third-order valence-electron chi connectivity index (χ3n) is 2.53. The van der Waals surface area contributed by atoms with E-state index in [1.807, 2.05) is 24.9 Å². The van der Waals surface area contributed by atoms with Crippen molar-refractivity contribution in [1.82, 2.24) is 0 Å². The molecule has 1 atom stereocenters. The molecule has 0 bridgehead atoms. The van der Waals surface area contributed by atoms with Gasteiger partial charge in [-0.05, 0) is 30.8 Å². The molecule has 2 rings (SSSR count). The van der Waals surface area contributed by atoms with Crippen LogP contribution in [-0.4, -0.2) is 6.66 Å². The molecule has 2 aromatic rings. The van der Waals surface area contributed by atoms with E-state index < -0.39 is 0 Å². The van der Waals surface area contributed by atoms with Crippen LogP contribution in [-0.2, 0) is 0 Å². The van der Waals surface area contributed by atoms with Crippen molar-refractivity contribution in [2.75, 3.05) is 6.66 Å². The van der Waals surface area contributed by atoms with E-state index in [4.69, 9.17) is 4.52 Å². The van der Waals surface area contributed by atoms with Crippen LogP contribution in [0.3, 0.4) is 0 Å². The molecule has 16 heavy (non-hydrogen) atoms. The number of hydrogen-bond acceptors (Lipinski definition) is 1. The molecule has 2 heteroatoms. The van der Waals surface area contributed by atoms with Crippen LogP contribution in [0.15, 0.2) is 48.5 Å². The van der Waals surface area contributed by atoms with Gasteiger partial charge in [0, 0.05) is 5.56 Å². The highest BCUT2D eigenvalue weighted by atomic mass is 31.1. The number of hydrogen-bond donors (Lipinski definition) is 0. The molecule has 0 radical (unpaired) electrons. The molecule has 0 N–H and O–H groups in total. The summed E-state index contributed by atoms with van der Waals surface area (Å²) in [6, 6.07) is 16.6. The molecule has 0 aliphatic carbocycles. The van der Waals surface area contributed by atoms with Crippen molar-refractivity contribution in [1.29, 1.82) is 0 Å². The SMILES string of the molecule is CPOc1ccccc1-c1ccccc1C. The van der Waals surface area contributed by atoms with Crippen LogP contribution in [0.2, 0.25) is 0 Å². The first-order valence-corrected chi connectivity index (χ1v) is 6.72. The molecule has 2 aromatic carbocycles. The zero-order valence-corrected chi connectivity index (χ0v) is 10.5. The standard InChI is InChI=1S/C14H15OP/c1-11-7-3-4-8-12(11)13-9-5-6-10-14(13)15-16-2/h3-10,16H,1-2H3. The molecule has 0 aromatic heterocycles. The van der Waals surface area contributed by atoms with Crippen LogP contribution in [0.4, 0.5) is 0 Å². The van der Waals surface area contributed by atoms with Gasteiger partial charge in [-0.1, -0.05) is 42.5 Å². The molecule has 1 nitrogen and oxygen atoms in total. The second-order valence-corrected chi connectivity index (χ2v) is 4.23. The molecule has 0 spiro atoms. The zero-order chi connectivity index (χ0) is 11.4. The molecule has 0 amide bonds. The summed E-state index contributed by atoms with van der Waals surface area (Å²) in [5.41, 5.74) is 3.70. The maximum Gasteiger partial charge on any atom is 0.130 e. The van der Waals surface area contributed by atoms with Crippen LogP contribution in [0.5, 0.6) is 5.75 Å². The Labute approximate surface area is 98.3 Å². The molecular formula is C14H15OP. The van der Waals surface area contributed by atoms with Gasteiger partial charge < -0.3 is 4.52 Å². The van der Waals surface area contributed by atoms with E-state index in [0.717, 1.165) is 5.75 Å². The largest absolute Gasteiger partial charge is 0.477 e. The number of rotatable bonds is 3. The minimum absolute atomic E-state index is 0.473. The normalized spacial score (nSPS) is 10.9. The fourth-order valence-corrected chi connectivity index (χ4v) is 2.16. The molecule has 1 unspecified atom stereocenters. The number of para-hydroxylation sites is 1. The molecule has 0 saturated carbocycles. The van der Waals surface area contributed by atoms with Gasteiger partial charge in [-0.15, -0.1) is 0 Å². The Bertz CT molecular complexity index is 480. The van der Waals surface area contributed by atoms with Crippen molar-refractivity contribution in [3.63, 3.8) is 0 Å². The lowest BCUT2D eigenvalue weighted by Gasteiger charge is -2.11. The lowest BCUT2D eigenvalue weighted by atomic mass is 10.00. The second kappa shape index (κ2) is 5.14. The molecule has 0 aliphatic rings. The Hall–Kier alpha value is -1.33. The van der Waals surface area contributed by atoms with Crippen LogP contribution in [0.25, 0.3) is 11.1 Å². The average Bonchev–Trinajstić information content (AvgIpc) is 2.31. The number of benzene rings is 2. The quantitative estimate of drug-likeness (QED) is 0.716. The topological polar surface area (TPSA) is 9.23 Å². The Morgan fingerprint density at radius 1 is 0.875 bits per heavy atom. The van der Waals surface area contributed by atoms with E-state index in [1.54, 1.807) is 0 Å². The summed E-state index contributed by atoms with van der Waals surface area (Å²) in [5.74, 6) is 0.970. The van der Waals surface area contributed by atoms with E-state index in [1.165, 1.54) is 16.7 Å². The smallest absolute Gasteiger partial charge is 0.130 e. The molecule has 0 aliphatic heterocycles. The third-order valence-corrected chi connectivity index (χ3v) is 2.96. The van der Waals surface area contributed by atoms with Crippen molar-refractivity contribution in [2.24, 2.45) is 0 Å². The minimum atomic E-state index is 0.473. The first kappa shape index (κ1) is 11.2. The van der Waals surface area contributed by atoms with Gasteiger partial charge in [0.1, 0.15) is 5.75 Å². The zero-order valence-electron chi connectivity index (χ0n) is 9.53. The Morgan fingerprint density at radius 2 is 1.50 bits per heavy atom. The van der Waals surface area contributed by atoms with Gasteiger partial charge in [0.05, 0.1) is 8.81 Å². The van der Waals surface area contributed by atoms with Gasteiger partial charge in [-0.3, -0.25) is 0 Å². The van der Waals surface area contributed by atoms with E-state index in [-0.39, 0.29) is 0 Å². The molecular weight excluding hydrogens is 215 g/mol. The summed E-state index contributed by atoms with van der Waals surface area (Å²) >= 11 is 0. The first-order valence-electron chi connectivity index (χ1n) is 5.31. The van der Waals surface area contributed by atoms with Crippen molar-refractivity contribution in [3.8, 4) is 16.9 Å². The van der Waals surface area contributed by atoms with Crippen LogP contribution < -0.4 is 4.52 Å². The Kier molecular flexibility index (Phi) is 3.58. The fraction of sp³-hybridized carbons (Fsp3) is 0.143. The van der Waals surface area contributed by atoms with E-state index >= 15 is 0 Å². The summed E-state index contributed by atoms with van der Waals surface area (Å²) in [6.07, 6.45) is 0. The van der Waals surface area contributed by atoms with Gasteiger partial charge >= 0.3 is 0 Å². The molecule has 82 valence electrons. The Morgan fingerprint density at radius 3 is 2.19 bits per heavy atom. The summed E-state index contributed by atoms with van der Waals surface area (Å²) in [7, 11) is 0.473. The average molecular weight is 230 g/mol. The summed E-state index contributed by atoms with van der Waals surface area (Å²) in [5, 5.41) is 0. The second-order valence-electron chi connectivity index (χ2n) is 3.62. The van der Waals surface area contributed by atoms with E-state index in [2.05, 4.69) is 37.3 Å². The highest BCUT2D eigenvalue weighted by Crippen LogP contribution is 2.34. The van der Waals surface area contributed by atoms with E-state index in [0.29, 0.717) is 8.81 Å². The van der Waals surface area contributed by atoms with Crippen molar-refractivity contribution < 1.29 is 4.52 Å². The molecule has 0 saturated heterocycles. The summed E-state index contributed by atoms with van der Waals surface area (Å²) in [6.45, 7) is 4.16. The maximum atomic E-state index is 5.67. The fourth-order valence-electron chi connectivity index (χ4n) is 1.76.